The molecule has 1 aliphatic rings. The fourth-order valence-electron chi connectivity index (χ4n) is 4.17. The molecular weight excluding hydrogens is 436 g/mol. The van der Waals surface area contributed by atoms with Crippen molar-refractivity contribution >= 4 is 28.1 Å². The summed E-state index contributed by atoms with van der Waals surface area (Å²) in [5, 5.41) is 15.3. The van der Waals surface area contributed by atoms with Crippen LogP contribution in [0.25, 0.3) is 27.7 Å². The van der Waals surface area contributed by atoms with Gasteiger partial charge in [0, 0.05) is 43.0 Å². The number of likely N-dealkylation sites (tertiary alicyclic amines) is 1. The number of aromatic amines is 1. The van der Waals surface area contributed by atoms with Crippen LogP contribution in [0.5, 0.6) is 0 Å². The third kappa shape index (κ3) is 5.50. The third-order valence-electron chi connectivity index (χ3n) is 6.26. The Labute approximate surface area is 206 Å². The van der Waals surface area contributed by atoms with Gasteiger partial charge in [0.2, 0.25) is 0 Å². The van der Waals surface area contributed by atoms with Gasteiger partial charge in [0.25, 0.3) is 0 Å². The van der Waals surface area contributed by atoms with Gasteiger partial charge in [-0.3, -0.25) is 15.0 Å². The van der Waals surface area contributed by atoms with Crippen LogP contribution < -0.4 is 10.6 Å². The zero-order valence-corrected chi connectivity index (χ0v) is 20.4. The van der Waals surface area contributed by atoms with E-state index in [4.69, 9.17) is 0 Å². The molecule has 0 unspecified atom stereocenters. The SMILES string of the molecule is C=C(Nc1ccc(NCCN(C)C)nc1)c1n[nH]c2ccc(-c3cncc(CN4CCC4)c3)cc12. The molecule has 0 amide bonds. The van der Waals surface area contributed by atoms with Crippen molar-refractivity contribution in [3.63, 3.8) is 0 Å². The van der Waals surface area contributed by atoms with Gasteiger partial charge in [-0.2, -0.15) is 5.10 Å². The summed E-state index contributed by atoms with van der Waals surface area (Å²) >= 11 is 0. The fourth-order valence-corrected chi connectivity index (χ4v) is 4.17. The van der Waals surface area contributed by atoms with Gasteiger partial charge in [-0.1, -0.05) is 12.6 Å². The molecular formula is C27H32N8. The zero-order chi connectivity index (χ0) is 24.2. The van der Waals surface area contributed by atoms with Crippen molar-refractivity contribution in [2.75, 3.05) is 50.9 Å². The molecule has 0 bridgehead atoms. The van der Waals surface area contributed by atoms with Crippen LogP contribution in [0.4, 0.5) is 11.5 Å². The highest BCUT2D eigenvalue weighted by molar-refractivity contribution is 5.95. The number of nitrogens with one attached hydrogen (secondary N) is 3. The van der Waals surface area contributed by atoms with Gasteiger partial charge >= 0.3 is 0 Å². The maximum absolute atomic E-state index is 4.53. The molecule has 0 spiro atoms. The molecule has 1 fully saturated rings. The second-order valence-corrected chi connectivity index (χ2v) is 9.31. The first kappa shape index (κ1) is 23.0. The smallest absolute Gasteiger partial charge is 0.126 e. The number of H-pyrrole nitrogens is 1. The Bertz CT molecular complexity index is 1300. The minimum absolute atomic E-state index is 0.716. The van der Waals surface area contributed by atoms with E-state index >= 15 is 0 Å². The number of fused-ring (bicyclic) bond motifs is 1. The molecule has 0 saturated carbocycles. The topological polar surface area (TPSA) is 85.0 Å². The Morgan fingerprint density at radius 3 is 2.71 bits per heavy atom. The van der Waals surface area contributed by atoms with Crippen LogP contribution in [-0.4, -0.2) is 70.2 Å². The van der Waals surface area contributed by atoms with Gasteiger partial charge < -0.3 is 15.5 Å². The molecule has 4 heterocycles. The molecule has 8 heteroatoms. The normalized spacial score (nSPS) is 13.7. The molecule has 3 aromatic heterocycles. The highest BCUT2D eigenvalue weighted by Crippen LogP contribution is 2.29. The van der Waals surface area contributed by atoms with Crippen molar-refractivity contribution in [1.82, 2.24) is 30.0 Å². The molecule has 0 aliphatic carbocycles. The lowest BCUT2D eigenvalue weighted by Gasteiger charge is -2.30. The van der Waals surface area contributed by atoms with E-state index in [0.717, 1.165) is 58.9 Å². The maximum atomic E-state index is 4.53. The number of nitrogens with zero attached hydrogens (tertiary/aromatic N) is 5. The van der Waals surface area contributed by atoms with E-state index in [1.807, 2.05) is 24.5 Å². The van der Waals surface area contributed by atoms with Crippen molar-refractivity contribution in [1.29, 1.82) is 0 Å². The van der Waals surface area contributed by atoms with Gasteiger partial charge in [-0.25, -0.2) is 4.98 Å². The van der Waals surface area contributed by atoms with Gasteiger partial charge in [0.15, 0.2) is 0 Å². The largest absolute Gasteiger partial charge is 0.369 e. The Morgan fingerprint density at radius 2 is 1.97 bits per heavy atom. The van der Waals surface area contributed by atoms with Crippen molar-refractivity contribution < 1.29 is 0 Å². The van der Waals surface area contributed by atoms with E-state index in [1.54, 1.807) is 6.20 Å². The van der Waals surface area contributed by atoms with Crippen LogP contribution in [0.1, 0.15) is 17.7 Å². The number of likely N-dealkylation sites (N-methyl/N-ethyl adjacent to an activating group) is 1. The van der Waals surface area contributed by atoms with E-state index in [2.05, 4.69) is 85.5 Å². The highest BCUT2D eigenvalue weighted by atomic mass is 15.2. The summed E-state index contributed by atoms with van der Waals surface area (Å²) in [5.74, 6) is 0.850. The van der Waals surface area contributed by atoms with Crippen LogP contribution in [0, 0.1) is 0 Å². The molecule has 0 atom stereocenters. The number of aromatic nitrogens is 4. The maximum Gasteiger partial charge on any atom is 0.126 e. The molecule has 1 aliphatic heterocycles. The summed E-state index contributed by atoms with van der Waals surface area (Å²) in [4.78, 5) is 13.6. The van der Waals surface area contributed by atoms with Crippen LogP contribution in [-0.2, 0) is 6.54 Å². The van der Waals surface area contributed by atoms with Gasteiger partial charge in [0.05, 0.1) is 23.1 Å². The minimum atomic E-state index is 0.716. The summed E-state index contributed by atoms with van der Waals surface area (Å²) in [6.07, 6.45) is 6.98. The summed E-state index contributed by atoms with van der Waals surface area (Å²) < 4.78 is 0. The van der Waals surface area contributed by atoms with E-state index in [1.165, 1.54) is 25.1 Å². The molecule has 35 heavy (non-hydrogen) atoms. The van der Waals surface area contributed by atoms with E-state index < -0.39 is 0 Å². The summed E-state index contributed by atoms with van der Waals surface area (Å²) in [6.45, 7) is 9.34. The van der Waals surface area contributed by atoms with Crippen molar-refractivity contribution in [2.45, 2.75) is 13.0 Å². The van der Waals surface area contributed by atoms with Crippen LogP contribution in [0.2, 0.25) is 0 Å². The molecule has 1 saturated heterocycles. The number of rotatable bonds is 10. The lowest BCUT2D eigenvalue weighted by Crippen LogP contribution is -2.36. The Morgan fingerprint density at radius 1 is 1.09 bits per heavy atom. The van der Waals surface area contributed by atoms with E-state index in [-0.39, 0.29) is 0 Å². The molecule has 1 aromatic carbocycles. The van der Waals surface area contributed by atoms with E-state index in [9.17, 15) is 0 Å². The monoisotopic (exact) mass is 468 g/mol. The Balaban J connectivity index is 1.30. The first-order valence-electron chi connectivity index (χ1n) is 12.0. The van der Waals surface area contributed by atoms with Crippen LogP contribution in [0.3, 0.4) is 0 Å². The second kappa shape index (κ2) is 10.2. The molecule has 0 radical (unpaired) electrons. The van der Waals surface area contributed by atoms with Crippen LogP contribution >= 0.6 is 0 Å². The standard InChI is InChI=1S/C27H32N8/c1-19(31-23-6-8-26(30-17-23)29-9-12-34(2)3)27-24-14-21(5-7-25(24)32-33-27)22-13-20(15-28-16-22)18-35-10-4-11-35/h5-8,13-17,31H,1,4,9-12,18H2,2-3H3,(H,29,30)(H,32,33). The summed E-state index contributed by atoms with van der Waals surface area (Å²) in [5.41, 5.74) is 6.80. The molecule has 4 aromatic rings. The predicted molar refractivity (Wildman–Crippen MR) is 143 cm³/mol. The summed E-state index contributed by atoms with van der Waals surface area (Å²) in [7, 11) is 4.11. The number of anilines is 2. The highest BCUT2D eigenvalue weighted by Gasteiger charge is 2.15. The lowest BCUT2D eigenvalue weighted by molar-refractivity contribution is 0.172. The van der Waals surface area contributed by atoms with Crippen molar-refractivity contribution in [3.8, 4) is 11.1 Å². The van der Waals surface area contributed by atoms with Gasteiger partial charge in [0.1, 0.15) is 11.5 Å². The molecule has 5 rings (SSSR count). The average Bonchev–Trinajstić information content (AvgIpc) is 3.26. The quantitative estimate of drug-likeness (QED) is 0.320. The molecule has 180 valence electrons. The minimum Gasteiger partial charge on any atom is -0.369 e. The van der Waals surface area contributed by atoms with Gasteiger partial charge in [-0.15, -0.1) is 0 Å². The first-order chi connectivity index (χ1) is 17.0. The first-order valence-corrected chi connectivity index (χ1v) is 12.0. The third-order valence-corrected chi connectivity index (χ3v) is 6.26. The van der Waals surface area contributed by atoms with Crippen molar-refractivity contribution in [2.24, 2.45) is 0 Å². The van der Waals surface area contributed by atoms with E-state index in [0.29, 0.717) is 5.70 Å². The molecule has 8 nitrogen and oxygen atoms in total. The lowest BCUT2D eigenvalue weighted by atomic mass is 10.0. The number of benzene rings is 1. The second-order valence-electron chi connectivity index (χ2n) is 9.31. The Kier molecular flexibility index (Phi) is 6.74. The number of pyridine rings is 2. The average molecular weight is 469 g/mol. The fraction of sp³-hybridized carbons (Fsp3) is 0.296. The Hall–Kier alpha value is -3.75. The zero-order valence-electron chi connectivity index (χ0n) is 20.4. The van der Waals surface area contributed by atoms with Crippen LogP contribution in [0.15, 0.2) is 61.6 Å². The number of hydrogen-bond acceptors (Lipinski definition) is 7. The predicted octanol–water partition coefficient (Wildman–Crippen LogP) is 4.28. The van der Waals surface area contributed by atoms with Crippen molar-refractivity contribution in [3.05, 3.63) is 72.8 Å². The summed E-state index contributed by atoms with van der Waals surface area (Å²) in [6, 6.07) is 12.5. The molecule has 3 N–H and O–H groups in total. The van der Waals surface area contributed by atoms with Gasteiger partial charge in [-0.05, 0) is 75.1 Å². The number of hydrogen-bond donors (Lipinski definition) is 3.